The Morgan fingerprint density at radius 2 is 1.57 bits per heavy atom. The maximum Gasteiger partial charge on any atom is 0.302 e. The van der Waals surface area contributed by atoms with Crippen molar-refractivity contribution in [2.75, 3.05) is 31.2 Å². The topological polar surface area (TPSA) is 185 Å². The van der Waals surface area contributed by atoms with Crippen molar-refractivity contribution in [2.45, 2.75) is 20.8 Å². The number of aromatic hydroxyl groups is 1. The zero-order valence-corrected chi connectivity index (χ0v) is 19.4. The molecule has 0 heterocycles. The van der Waals surface area contributed by atoms with E-state index in [9.17, 15) is 24.8 Å². The van der Waals surface area contributed by atoms with E-state index in [0.717, 1.165) is 23.4 Å². The minimum atomic E-state index is -0.613. The van der Waals surface area contributed by atoms with Crippen molar-refractivity contribution in [3.63, 3.8) is 0 Å². The standard InChI is InChI=1S/C21H24N4O7.CHNO/c1-14-12-17(24(8-10-31-15(2)26)9-11-32-16(3)27)4-6-19(14)22-23-20-7-5-18(25(29)30)13-21(20)28;2-1-3/h4-7,12-13,28H,8-11H2,1-3H3;2H. The molecule has 0 unspecified atom stereocenters. The summed E-state index contributed by atoms with van der Waals surface area (Å²) in [6, 6.07) is 8.92. The van der Waals surface area contributed by atoms with Crippen molar-refractivity contribution in [2.24, 2.45) is 10.2 Å². The third kappa shape index (κ3) is 10.2. The summed E-state index contributed by atoms with van der Waals surface area (Å²) in [6.45, 7) is 5.63. The Morgan fingerprint density at radius 3 is 2.03 bits per heavy atom. The molecule has 2 aromatic carbocycles. The van der Waals surface area contributed by atoms with Crippen LogP contribution in [0.1, 0.15) is 19.4 Å². The number of nitrogens with zero attached hydrogens (tertiary/aromatic N) is 4. The Bertz CT molecular complexity index is 1090. The lowest BCUT2D eigenvalue weighted by molar-refractivity contribution is -0.384. The average molecular weight is 487 g/mol. The van der Waals surface area contributed by atoms with Gasteiger partial charge in [0, 0.05) is 25.6 Å². The summed E-state index contributed by atoms with van der Waals surface area (Å²) in [5.74, 6) is -1.11. The molecule has 0 spiro atoms. The Morgan fingerprint density at radius 1 is 1.06 bits per heavy atom. The van der Waals surface area contributed by atoms with Gasteiger partial charge in [0.25, 0.3) is 5.69 Å². The highest BCUT2D eigenvalue weighted by atomic mass is 16.6. The number of carbonyl (C=O) groups is 2. The summed E-state index contributed by atoms with van der Waals surface area (Å²) in [5, 5.41) is 34.2. The second-order valence-corrected chi connectivity index (χ2v) is 6.87. The van der Waals surface area contributed by atoms with Crippen molar-refractivity contribution >= 4 is 40.8 Å². The molecule has 0 bridgehead atoms. The van der Waals surface area contributed by atoms with E-state index in [1.54, 1.807) is 12.1 Å². The van der Waals surface area contributed by atoms with Crippen molar-refractivity contribution in [1.29, 1.82) is 5.41 Å². The quantitative estimate of drug-likeness (QED) is 0.125. The van der Waals surface area contributed by atoms with Crippen LogP contribution in [-0.2, 0) is 23.9 Å². The number of hydrogen-bond donors (Lipinski definition) is 2. The van der Waals surface area contributed by atoms with Crippen LogP contribution in [0.4, 0.5) is 22.7 Å². The van der Waals surface area contributed by atoms with E-state index in [4.69, 9.17) is 19.7 Å². The summed E-state index contributed by atoms with van der Waals surface area (Å²) in [4.78, 5) is 42.5. The summed E-state index contributed by atoms with van der Waals surface area (Å²) >= 11 is 0. The number of carbonyl (C=O) groups excluding carboxylic acids is 3. The number of nitro groups is 1. The highest BCUT2D eigenvalue weighted by Crippen LogP contribution is 2.33. The van der Waals surface area contributed by atoms with Gasteiger partial charge in [0.2, 0.25) is 6.08 Å². The lowest BCUT2D eigenvalue weighted by Gasteiger charge is -2.25. The molecule has 2 aromatic rings. The number of azo groups is 1. The molecule has 186 valence electrons. The van der Waals surface area contributed by atoms with E-state index >= 15 is 0 Å². The first-order valence-corrected chi connectivity index (χ1v) is 10.1. The largest absolute Gasteiger partial charge is 0.505 e. The maximum absolute atomic E-state index is 11.0. The maximum atomic E-state index is 11.0. The lowest BCUT2D eigenvalue weighted by atomic mass is 10.1. The molecule has 0 aliphatic heterocycles. The van der Waals surface area contributed by atoms with Crippen molar-refractivity contribution < 1.29 is 33.9 Å². The average Bonchev–Trinajstić information content (AvgIpc) is 2.78. The summed E-state index contributed by atoms with van der Waals surface area (Å²) < 4.78 is 10.0. The van der Waals surface area contributed by atoms with E-state index in [-0.39, 0.29) is 42.3 Å². The molecule has 0 saturated carbocycles. The number of benzene rings is 2. The van der Waals surface area contributed by atoms with Gasteiger partial charge in [0.05, 0.1) is 29.8 Å². The van der Waals surface area contributed by atoms with Crippen LogP contribution >= 0.6 is 0 Å². The molecule has 0 atom stereocenters. The number of aryl methyl sites for hydroxylation is 1. The van der Waals surface area contributed by atoms with Gasteiger partial charge in [-0.3, -0.25) is 19.7 Å². The van der Waals surface area contributed by atoms with Gasteiger partial charge in [-0.1, -0.05) is 0 Å². The lowest BCUT2D eigenvalue weighted by Crippen LogP contribution is -2.31. The molecule has 0 aliphatic carbocycles. The molecule has 0 saturated heterocycles. The van der Waals surface area contributed by atoms with Gasteiger partial charge < -0.3 is 19.5 Å². The van der Waals surface area contributed by atoms with Gasteiger partial charge in [0.1, 0.15) is 24.7 Å². The molecule has 35 heavy (non-hydrogen) atoms. The Labute approximate surface area is 200 Å². The summed E-state index contributed by atoms with van der Waals surface area (Å²) in [5.41, 5.74) is 1.97. The minimum absolute atomic E-state index is 0.100. The minimum Gasteiger partial charge on any atom is -0.505 e. The first-order valence-electron chi connectivity index (χ1n) is 10.1. The summed E-state index contributed by atoms with van der Waals surface area (Å²) in [6.07, 6.45) is 0.750. The van der Waals surface area contributed by atoms with Gasteiger partial charge in [-0.05, 0) is 36.8 Å². The smallest absolute Gasteiger partial charge is 0.302 e. The molecule has 0 radical (unpaired) electrons. The molecule has 2 N–H and O–H groups in total. The van der Waals surface area contributed by atoms with Crippen LogP contribution in [0.3, 0.4) is 0 Å². The normalized spacial score (nSPS) is 10.0. The highest BCUT2D eigenvalue weighted by Gasteiger charge is 2.12. The predicted molar refractivity (Wildman–Crippen MR) is 124 cm³/mol. The molecule has 2 rings (SSSR count). The Hall–Kier alpha value is -4.64. The van der Waals surface area contributed by atoms with Crippen LogP contribution in [0.5, 0.6) is 5.75 Å². The van der Waals surface area contributed by atoms with E-state index < -0.39 is 4.92 Å². The second kappa shape index (κ2) is 14.5. The fourth-order valence-corrected chi connectivity index (χ4v) is 2.74. The van der Waals surface area contributed by atoms with Crippen LogP contribution in [0.25, 0.3) is 0 Å². The van der Waals surface area contributed by atoms with Crippen LogP contribution in [-0.4, -0.2) is 54.4 Å². The highest BCUT2D eigenvalue weighted by molar-refractivity contribution is 5.66. The van der Waals surface area contributed by atoms with Crippen molar-refractivity contribution in [3.8, 4) is 5.75 Å². The fourth-order valence-electron chi connectivity index (χ4n) is 2.74. The number of hydrogen-bond acceptors (Lipinski definition) is 12. The molecule has 0 aliphatic rings. The van der Waals surface area contributed by atoms with Crippen LogP contribution in [0.15, 0.2) is 46.6 Å². The number of nitro benzene ring substituents is 1. The number of isocyanates is 1. The number of anilines is 1. The fraction of sp³-hybridized carbons (Fsp3) is 0.318. The van der Waals surface area contributed by atoms with E-state index in [1.807, 2.05) is 17.9 Å². The van der Waals surface area contributed by atoms with Crippen LogP contribution in [0, 0.1) is 22.4 Å². The first kappa shape index (κ1) is 28.4. The number of rotatable bonds is 10. The van der Waals surface area contributed by atoms with Gasteiger partial charge >= 0.3 is 11.9 Å². The summed E-state index contributed by atoms with van der Waals surface area (Å²) in [7, 11) is 0. The van der Waals surface area contributed by atoms with Crippen molar-refractivity contribution in [3.05, 3.63) is 52.1 Å². The van der Waals surface area contributed by atoms with Crippen LogP contribution in [0.2, 0.25) is 0 Å². The Kier molecular flexibility index (Phi) is 11.8. The SMILES string of the molecule is CC(=O)OCCN(CCOC(C)=O)c1ccc(N=Nc2ccc([N+](=O)[O-])cc2O)c(C)c1.N=C=O. The third-order valence-corrected chi connectivity index (χ3v) is 4.31. The van der Waals surface area contributed by atoms with E-state index in [2.05, 4.69) is 10.2 Å². The Balaban J connectivity index is 0.00000194. The molecule has 0 aromatic heterocycles. The molecule has 0 amide bonds. The van der Waals surface area contributed by atoms with Gasteiger partial charge in [-0.25, -0.2) is 10.2 Å². The zero-order chi connectivity index (χ0) is 26.4. The van der Waals surface area contributed by atoms with Gasteiger partial charge in [0.15, 0.2) is 0 Å². The monoisotopic (exact) mass is 487 g/mol. The number of nitrogens with one attached hydrogen (secondary N) is 1. The molecule has 13 heteroatoms. The molecule has 0 fully saturated rings. The van der Waals surface area contributed by atoms with Crippen molar-refractivity contribution in [1.82, 2.24) is 0 Å². The number of phenolic OH excluding ortho intramolecular Hbond substituents is 1. The van der Waals surface area contributed by atoms with E-state index in [0.29, 0.717) is 18.8 Å². The second-order valence-electron chi connectivity index (χ2n) is 6.87. The number of phenols is 1. The molecule has 13 nitrogen and oxygen atoms in total. The molecular formula is C22H25N5O8. The van der Waals surface area contributed by atoms with Gasteiger partial charge in [-0.2, -0.15) is 5.11 Å². The molecular weight excluding hydrogens is 462 g/mol. The zero-order valence-electron chi connectivity index (χ0n) is 19.4. The predicted octanol–water partition coefficient (Wildman–Crippen LogP) is 3.86. The first-order chi connectivity index (χ1) is 16.6. The van der Waals surface area contributed by atoms with Crippen LogP contribution < -0.4 is 4.90 Å². The number of esters is 2. The number of ether oxygens (including phenoxy) is 2. The number of non-ortho nitro benzene ring substituents is 1. The third-order valence-electron chi connectivity index (χ3n) is 4.31. The van der Waals surface area contributed by atoms with Gasteiger partial charge in [-0.15, -0.1) is 5.11 Å². The van der Waals surface area contributed by atoms with E-state index in [1.165, 1.54) is 26.0 Å².